The van der Waals surface area contributed by atoms with Crippen LogP contribution in [0.5, 0.6) is 0 Å². The molecule has 25 nitrogen and oxygen atoms in total. The average molecular weight is 1040 g/mol. The molecule has 2 aromatic carbocycles. The van der Waals surface area contributed by atoms with Gasteiger partial charge in [-0.25, -0.2) is 14.2 Å². The van der Waals surface area contributed by atoms with Crippen LogP contribution in [0.15, 0.2) is 67.0 Å². The van der Waals surface area contributed by atoms with Crippen LogP contribution in [0.4, 0.5) is 0 Å². The summed E-state index contributed by atoms with van der Waals surface area (Å²) in [5.41, 5.74) is 3.35. The van der Waals surface area contributed by atoms with E-state index in [9.17, 15) is 55.5 Å². The summed E-state index contributed by atoms with van der Waals surface area (Å²) in [4.78, 5) is 25.3. The second-order valence-corrected chi connectivity index (χ2v) is 19.5. The summed E-state index contributed by atoms with van der Waals surface area (Å²) < 4.78 is 46.8. The largest absolute Gasteiger partial charge is 0.479 e. The van der Waals surface area contributed by atoms with Gasteiger partial charge in [0.15, 0.2) is 25.0 Å². The molecule has 0 bridgehead atoms. The zero-order valence-electron chi connectivity index (χ0n) is 41.2. The van der Waals surface area contributed by atoms with Crippen LogP contribution in [0.1, 0.15) is 64.1 Å². The fraction of sp³-hybridized carbons (Fsp3) is 0.633. The molecule has 0 radical (unpaired) electrons. The highest BCUT2D eigenvalue weighted by Crippen LogP contribution is 2.42. The first-order valence-corrected chi connectivity index (χ1v) is 24.8. The fourth-order valence-electron chi connectivity index (χ4n) is 10.2. The van der Waals surface area contributed by atoms with Crippen molar-refractivity contribution >= 4 is 11.9 Å². The smallest absolute Gasteiger partial charge is 0.332 e. The lowest BCUT2D eigenvalue weighted by Gasteiger charge is -2.49. The number of rotatable bonds is 19. The Kier molecular flexibility index (Phi) is 18.2. The predicted octanol–water partition coefficient (Wildman–Crippen LogP) is -1.02. The van der Waals surface area contributed by atoms with Crippen LogP contribution in [0.25, 0.3) is 22.5 Å². The van der Waals surface area contributed by atoms with Gasteiger partial charge < -0.3 is 84.4 Å². The number of carboxylic acids is 1. The number of hydrogen-bond acceptors (Lipinski definition) is 21. The van der Waals surface area contributed by atoms with E-state index >= 15 is 0 Å². The third kappa shape index (κ3) is 12.2. The maximum absolute atomic E-state index is 12.9. The summed E-state index contributed by atoms with van der Waals surface area (Å²) in [5, 5.41) is 119. The summed E-state index contributed by atoms with van der Waals surface area (Å²) in [6.07, 6.45) is -19.8. The molecule has 4 fully saturated rings. The molecule has 4 aromatic rings. The van der Waals surface area contributed by atoms with Crippen molar-refractivity contribution in [1.29, 1.82) is 0 Å². The molecule has 9 unspecified atom stereocenters. The first-order chi connectivity index (χ1) is 35.5. The molecule has 2 aromatic heterocycles. The molecule has 25 heteroatoms. The van der Waals surface area contributed by atoms with Crippen LogP contribution >= 0.6 is 0 Å². The number of aliphatic hydroxyl groups is 8. The monoisotopic (exact) mass is 1040 g/mol. The summed E-state index contributed by atoms with van der Waals surface area (Å²) in [5.74, 6) is -2.58. The van der Waals surface area contributed by atoms with Gasteiger partial charge in [0.2, 0.25) is 5.91 Å². The third-order valence-electron chi connectivity index (χ3n) is 14.1. The van der Waals surface area contributed by atoms with Gasteiger partial charge in [-0.15, -0.1) is 10.2 Å². The van der Waals surface area contributed by atoms with E-state index in [0.29, 0.717) is 23.4 Å². The zero-order chi connectivity index (χ0) is 53.0. The Morgan fingerprint density at radius 3 is 2.09 bits per heavy atom. The van der Waals surface area contributed by atoms with Crippen LogP contribution < -0.4 is 5.32 Å². The van der Waals surface area contributed by atoms with Crippen LogP contribution in [0.2, 0.25) is 0 Å². The first-order valence-electron chi connectivity index (χ1n) is 24.8. The number of carbonyl (C=O) groups is 2. The molecule has 74 heavy (non-hydrogen) atoms. The molecule has 8 rings (SSSR count). The number of nitrogens with zero attached hydrogens (tertiary/aromatic N) is 6. The summed E-state index contributed by atoms with van der Waals surface area (Å²) in [7, 11) is 0. The van der Waals surface area contributed by atoms with Gasteiger partial charge in [0, 0.05) is 18.1 Å². The van der Waals surface area contributed by atoms with Crippen molar-refractivity contribution < 1.29 is 88.7 Å². The molecule has 1 saturated carbocycles. The number of amides is 1. The highest BCUT2D eigenvalue weighted by molar-refractivity contribution is 5.73. The Balaban J connectivity index is 1.15. The molecule has 20 atom stereocenters. The lowest BCUT2D eigenvalue weighted by molar-refractivity contribution is -0.339. The van der Waals surface area contributed by atoms with Crippen molar-refractivity contribution in [2.75, 3.05) is 19.8 Å². The molecule has 4 aliphatic rings. The van der Waals surface area contributed by atoms with Crippen LogP contribution in [0, 0.1) is 12.8 Å². The van der Waals surface area contributed by atoms with E-state index in [1.54, 1.807) is 19.3 Å². The molecule has 406 valence electrons. The van der Waals surface area contributed by atoms with Gasteiger partial charge in [0.05, 0.1) is 50.5 Å². The number of nitrogens with one attached hydrogen (secondary N) is 1. The molecule has 3 aliphatic heterocycles. The van der Waals surface area contributed by atoms with Crippen molar-refractivity contribution in [3.8, 4) is 22.5 Å². The SMILES string of the molecule is CCC[C@H](OC1C(NC(C)=O)[C@H](O[C@@H]2CC(CO[C@H]3OC(CO)[C@@H](O)C(n4cc(-c5cccc(C)c5)nn4)C3O)CC(n3cc(-c4ccccc4)nn3)[C@H]2O[C@@H]2OC(C)[C@@H](O)[C@H](O)C2O)O[C@@H](CO)[C@@H]1O)C(=O)O. The van der Waals surface area contributed by atoms with E-state index in [1.807, 2.05) is 61.5 Å². The maximum atomic E-state index is 12.9. The van der Waals surface area contributed by atoms with Crippen molar-refractivity contribution in [3.63, 3.8) is 0 Å². The average Bonchev–Trinajstić information content (AvgIpc) is 4.08. The molecule has 3 saturated heterocycles. The second kappa shape index (κ2) is 24.4. The van der Waals surface area contributed by atoms with Gasteiger partial charge >= 0.3 is 5.97 Å². The zero-order valence-corrected chi connectivity index (χ0v) is 41.2. The van der Waals surface area contributed by atoms with Crippen molar-refractivity contribution in [2.24, 2.45) is 5.92 Å². The van der Waals surface area contributed by atoms with E-state index in [1.165, 1.54) is 23.2 Å². The number of aliphatic carboxylic acids is 1. The summed E-state index contributed by atoms with van der Waals surface area (Å²) >= 11 is 0. The second-order valence-electron chi connectivity index (χ2n) is 19.5. The Bertz CT molecular complexity index is 2450. The minimum absolute atomic E-state index is 0.0235. The highest BCUT2D eigenvalue weighted by Gasteiger charge is 2.54. The molecule has 10 N–H and O–H groups in total. The Hall–Kier alpha value is -4.94. The van der Waals surface area contributed by atoms with E-state index in [4.69, 9.17) is 33.2 Å². The molecular formula is C49H67N7O18. The topological polar surface area (TPSA) is 354 Å². The van der Waals surface area contributed by atoms with E-state index < -0.39 is 147 Å². The number of carbonyl (C=O) groups excluding carboxylic acids is 1. The van der Waals surface area contributed by atoms with Gasteiger partial charge in [0.25, 0.3) is 0 Å². The molecular weight excluding hydrogens is 975 g/mol. The molecule has 0 spiro atoms. The number of aromatic nitrogens is 6. The number of ether oxygens (including phenoxy) is 7. The van der Waals surface area contributed by atoms with Crippen molar-refractivity contribution in [3.05, 3.63) is 72.6 Å². The van der Waals surface area contributed by atoms with E-state index in [2.05, 4.69) is 25.9 Å². The lowest BCUT2D eigenvalue weighted by Crippen LogP contribution is -2.67. The van der Waals surface area contributed by atoms with E-state index in [-0.39, 0.29) is 25.9 Å². The quantitative estimate of drug-likeness (QED) is 0.0537. The van der Waals surface area contributed by atoms with Crippen LogP contribution in [0.3, 0.4) is 0 Å². The fourth-order valence-corrected chi connectivity index (χ4v) is 10.2. The van der Waals surface area contributed by atoms with Gasteiger partial charge in [-0.3, -0.25) is 4.79 Å². The van der Waals surface area contributed by atoms with Crippen LogP contribution in [-0.2, 0) is 42.7 Å². The molecule has 1 amide bonds. The van der Waals surface area contributed by atoms with Gasteiger partial charge in [-0.2, -0.15) is 0 Å². The van der Waals surface area contributed by atoms with Gasteiger partial charge in [-0.05, 0) is 45.1 Å². The third-order valence-corrected chi connectivity index (χ3v) is 14.1. The lowest BCUT2D eigenvalue weighted by atomic mass is 9.81. The Labute approximate surface area is 425 Å². The number of hydrogen-bond donors (Lipinski definition) is 10. The summed E-state index contributed by atoms with van der Waals surface area (Å²) in [6.45, 7) is 4.68. The minimum Gasteiger partial charge on any atom is -0.479 e. The van der Waals surface area contributed by atoms with E-state index in [0.717, 1.165) is 11.1 Å². The summed E-state index contributed by atoms with van der Waals surface area (Å²) in [6, 6.07) is 13.1. The first kappa shape index (κ1) is 55.3. The highest BCUT2D eigenvalue weighted by atomic mass is 16.7. The minimum atomic E-state index is -1.79. The van der Waals surface area contributed by atoms with Gasteiger partial charge in [0.1, 0.15) is 84.5 Å². The standard InChI is InChI=1S/C49H67N7O18/c1-5-10-32(46(66)67)70-45-36(50-25(4)59)47(72-35(21-58)40(45)62)71-33-17-26(22-68-48-41(63)37(39(61)34(20-57)73-48)56-19-30(52-54-56)28-14-9-11-23(2)15-28)16-31(55-18-29(51-53-55)27-12-7-6-8-13-27)44(33)74-49-43(65)42(64)38(60)24(3)69-49/h6-9,11-15,18-19,24,26,31-45,47-49,57-58,60-65H,5,10,16-17,20-22H2,1-4H3,(H,50,59)(H,66,67)/t24?,26?,31?,32-,33+,34?,35-,36?,37?,38+,39+,40-,41?,42-,43?,44+,45?,47+,48-,49-/m0/s1. The Morgan fingerprint density at radius 1 is 0.757 bits per heavy atom. The van der Waals surface area contributed by atoms with Gasteiger partial charge in [-0.1, -0.05) is 77.9 Å². The van der Waals surface area contributed by atoms with Crippen LogP contribution in [-0.4, -0.2) is 212 Å². The number of benzene rings is 2. The van der Waals surface area contributed by atoms with Crippen molar-refractivity contribution in [1.82, 2.24) is 35.3 Å². The number of carboxylic acid groups (broad SMARTS) is 1. The predicted molar refractivity (Wildman–Crippen MR) is 253 cm³/mol. The maximum Gasteiger partial charge on any atom is 0.332 e. The number of aliphatic hydroxyl groups excluding tert-OH is 8. The Morgan fingerprint density at radius 2 is 1.42 bits per heavy atom. The normalized spacial score (nSPS) is 36.0. The molecule has 5 heterocycles. The van der Waals surface area contributed by atoms with Crippen molar-refractivity contribution in [2.45, 2.75) is 170 Å². The number of aryl methyl sites for hydroxylation is 1. The molecule has 1 aliphatic carbocycles.